The number of hydrogen-bond donors (Lipinski definition) is 2. The smallest absolute Gasteiger partial charge is 0.0993 e. The fourth-order valence-electron chi connectivity index (χ4n) is 2.11. The molecule has 1 rings (SSSR count). The molecule has 0 aliphatic rings. The zero-order valence-corrected chi connectivity index (χ0v) is 11.2. The van der Waals surface area contributed by atoms with Gasteiger partial charge in [0.15, 0.2) is 0 Å². The van der Waals surface area contributed by atoms with Crippen LogP contribution in [0.15, 0.2) is 6.20 Å². The van der Waals surface area contributed by atoms with Crippen LogP contribution in [-0.4, -0.2) is 22.0 Å². The average Bonchev–Trinajstić information content (AvgIpc) is 2.86. The van der Waals surface area contributed by atoms with Crippen molar-refractivity contribution in [2.24, 2.45) is 0 Å². The van der Waals surface area contributed by atoms with E-state index in [1.165, 1.54) is 38.5 Å². The summed E-state index contributed by atoms with van der Waals surface area (Å²) in [4.78, 5) is 0. The monoisotopic (exact) mass is 238 g/mol. The van der Waals surface area contributed by atoms with E-state index < -0.39 is 0 Å². The van der Waals surface area contributed by atoms with Crippen molar-refractivity contribution in [1.82, 2.24) is 20.7 Å². The Kier molecular flexibility index (Phi) is 7.63. The van der Waals surface area contributed by atoms with Crippen LogP contribution in [0.1, 0.15) is 70.5 Å². The molecule has 17 heavy (non-hydrogen) atoms. The molecule has 0 radical (unpaired) electrons. The Morgan fingerprint density at radius 3 is 2.59 bits per heavy atom. The van der Waals surface area contributed by atoms with Gasteiger partial charge in [0.2, 0.25) is 0 Å². The Morgan fingerprint density at radius 1 is 1.18 bits per heavy atom. The van der Waals surface area contributed by atoms with Gasteiger partial charge in [0.25, 0.3) is 0 Å². The Balaban J connectivity index is 2.17. The van der Waals surface area contributed by atoms with Gasteiger partial charge in [0.1, 0.15) is 0 Å². The van der Waals surface area contributed by atoms with Crippen molar-refractivity contribution >= 4 is 0 Å². The molecule has 0 amide bonds. The Morgan fingerprint density at radius 2 is 1.94 bits per heavy atom. The minimum Gasteiger partial charge on any atom is -0.309 e. The molecule has 1 unspecified atom stereocenters. The summed E-state index contributed by atoms with van der Waals surface area (Å²) >= 11 is 0. The number of hydrogen-bond acceptors (Lipinski definition) is 3. The van der Waals surface area contributed by atoms with Gasteiger partial charge in [-0.05, 0) is 13.0 Å². The van der Waals surface area contributed by atoms with E-state index in [0.29, 0.717) is 6.04 Å². The molecule has 0 saturated heterocycles. The van der Waals surface area contributed by atoms with Crippen molar-refractivity contribution in [2.75, 3.05) is 6.54 Å². The lowest BCUT2D eigenvalue weighted by Gasteiger charge is -2.14. The van der Waals surface area contributed by atoms with Crippen molar-refractivity contribution < 1.29 is 0 Å². The molecule has 0 fully saturated rings. The van der Waals surface area contributed by atoms with Crippen molar-refractivity contribution in [1.29, 1.82) is 0 Å². The van der Waals surface area contributed by atoms with E-state index >= 15 is 0 Å². The van der Waals surface area contributed by atoms with Gasteiger partial charge in [-0.25, -0.2) is 0 Å². The number of nitrogens with zero attached hydrogens (tertiary/aromatic N) is 2. The van der Waals surface area contributed by atoms with E-state index in [1.807, 2.05) is 6.20 Å². The molecular formula is C13H26N4. The molecule has 0 aliphatic heterocycles. The first-order valence-electron chi connectivity index (χ1n) is 6.97. The number of rotatable bonds is 10. The second-order valence-electron chi connectivity index (χ2n) is 4.56. The molecule has 2 N–H and O–H groups in total. The van der Waals surface area contributed by atoms with Crippen LogP contribution in [0.2, 0.25) is 0 Å². The van der Waals surface area contributed by atoms with Gasteiger partial charge >= 0.3 is 0 Å². The van der Waals surface area contributed by atoms with Crippen LogP contribution in [0.25, 0.3) is 0 Å². The predicted molar refractivity (Wildman–Crippen MR) is 70.8 cm³/mol. The molecule has 1 aromatic rings. The van der Waals surface area contributed by atoms with Gasteiger partial charge in [-0.2, -0.15) is 15.4 Å². The first-order valence-corrected chi connectivity index (χ1v) is 6.97. The molecular weight excluding hydrogens is 212 g/mol. The molecule has 0 saturated carbocycles. The fraction of sp³-hybridized carbons (Fsp3) is 0.846. The first kappa shape index (κ1) is 14.2. The molecule has 1 atom stereocenters. The zero-order chi connectivity index (χ0) is 12.3. The van der Waals surface area contributed by atoms with Crippen LogP contribution in [0.5, 0.6) is 0 Å². The number of H-pyrrole nitrogens is 1. The van der Waals surface area contributed by atoms with Crippen molar-refractivity contribution in [3.05, 3.63) is 11.9 Å². The maximum Gasteiger partial charge on any atom is 0.0993 e. The Labute approximate surface area is 105 Å². The summed E-state index contributed by atoms with van der Waals surface area (Å²) in [6.07, 6.45) is 11.0. The van der Waals surface area contributed by atoms with E-state index in [1.54, 1.807) is 0 Å². The van der Waals surface area contributed by atoms with Gasteiger partial charge < -0.3 is 5.32 Å². The van der Waals surface area contributed by atoms with E-state index in [-0.39, 0.29) is 0 Å². The van der Waals surface area contributed by atoms with Crippen LogP contribution in [0.3, 0.4) is 0 Å². The van der Waals surface area contributed by atoms with Gasteiger partial charge in [-0.15, -0.1) is 0 Å². The quantitative estimate of drug-likeness (QED) is 0.615. The largest absolute Gasteiger partial charge is 0.309 e. The topological polar surface area (TPSA) is 53.6 Å². The number of aromatic nitrogens is 3. The lowest BCUT2D eigenvalue weighted by molar-refractivity contribution is 0.468. The van der Waals surface area contributed by atoms with Gasteiger partial charge in [0.05, 0.1) is 17.9 Å². The maximum atomic E-state index is 4.16. The fourth-order valence-corrected chi connectivity index (χ4v) is 2.11. The standard InChI is InChI=1S/C13H26N4/c1-3-5-6-7-8-9-10-12(14-4-2)13-11-15-17-16-13/h11-12,14H,3-10H2,1-2H3,(H,15,16,17). The predicted octanol–water partition coefficient (Wildman–Crippen LogP) is 3.21. The molecule has 0 bridgehead atoms. The third-order valence-electron chi connectivity index (χ3n) is 3.09. The summed E-state index contributed by atoms with van der Waals surface area (Å²) in [7, 11) is 0. The second-order valence-corrected chi connectivity index (χ2v) is 4.56. The van der Waals surface area contributed by atoms with Crippen molar-refractivity contribution in [2.45, 2.75) is 64.8 Å². The highest BCUT2D eigenvalue weighted by atomic mass is 15.3. The molecule has 4 nitrogen and oxygen atoms in total. The van der Waals surface area contributed by atoms with Crippen LogP contribution >= 0.6 is 0 Å². The molecule has 0 aromatic carbocycles. The van der Waals surface area contributed by atoms with E-state index in [9.17, 15) is 0 Å². The average molecular weight is 238 g/mol. The summed E-state index contributed by atoms with van der Waals surface area (Å²) in [6.45, 7) is 5.37. The van der Waals surface area contributed by atoms with Crippen molar-refractivity contribution in [3.63, 3.8) is 0 Å². The minimum atomic E-state index is 0.366. The van der Waals surface area contributed by atoms with E-state index in [0.717, 1.165) is 18.7 Å². The maximum absolute atomic E-state index is 4.16. The van der Waals surface area contributed by atoms with Crippen LogP contribution in [0, 0.1) is 0 Å². The molecule has 0 aliphatic carbocycles. The van der Waals surface area contributed by atoms with Crippen LogP contribution in [-0.2, 0) is 0 Å². The summed E-state index contributed by atoms with van der Waals surface area (Å²) in [5, 5.41) is 14.2. The highest BCUT2D eigenvalue weighted by Gasteiger charge is 2.11. The Hall–Kier alpha value is -0.900. The lowest BCUT2D eigenvalue weighted by atomic mass is 10.0. The SMILES string of the molecule is CCCCCCCCC(NCC)c1cn[nH]n1. The highest BCUT2D eigenvalue weighted by molar-refractivity contribution is 4.99. The van der Waals surface area contributed by atoms with Crippen LogP contribution in [0.4, 0.5) is 0 Å². The normalized spacial score (nSPS) is 12.8. The molecule has 4 heteroatoms. The Bertz CT molecular complexity index is 258. The summed E-state index contributed by atoms with van der Waals surface area (Å²) < 4.78 is 0. The summed E-state index contributed by atoms with van der Waals surface area (Å²) in [6, 6.07) is 0.366. The second kappa shape index (κ2) is 9.16. The van der Waals surface area contributed by atoms with Gasteiger partial charge in [-0.1, -0.05) is 52.4 Å². The number of nitrogens with one attached hydrogen (secondary N) is 2. The highest BCUT2D eigenvalue weighted by Crippen LogP contribution is 2.17. The first-order chi connectivity index (χ1) is 8.38. The number of aromatic amines is 1. The zero-order valence-electron chi connectivity index (χ0n) is 11.2. The van der Waals surface area contributed by atoms with Gasteiger partial charge in [0, 0.05) is 0 Å². The minimum absolute atomic E-state index is 0.366. The molecule has 1 aromatic heterocycles. The number of unbranched alkanes of at least 4 members (excludes halogenated alkanes) is 5. The molecule has 0 spiro atoms. The van der Waals surface area contributed by atoms with Crippen LogP contribution < -0.4 is 5.32 Å². The summed E-state index contributed by atoms with van der Waals surface area (Å²) in [5.41, 5.74) is 1.04. The molecule has 98 valence electrons. The van der Waals surface area contributed by atoms with Gasteiger partial charge in [-0.3, -0.25) is 0 Å². The van der Waals surface area contributed by atoms with Crippen molar-refractivity contribution in [3.8, 4) is 0 Å². The van der Waals surface area contributed by atoms with E-state index in [4.69, 9.17) is 0 Å². The lowest BCUT2D eigenvalue weighted by Crippen LogP contribution is -2.21. The van der Waals surface area contributed by atoms with E-state index in [2.05, 4.69) is 34.6 Å². The third kappa shape index (κ3) is 5.82. The third-order valence-corrected chi connectivity index (χ3v) is 3.09. The molecule has 1 heterocycles. The summed E-state index contributed by atoms with van der Waals surface area (Å²) in [5.74, 6) is 0.